The smallest absolute Gasteiger partial charge is 0.349 e. The molecule has 0 aliphatic carbocycles. The summed E-state index contributed by atoms with van der Waals surface area (Å²) in [5.74, 6) is 0.0423. The average Bonchev–Trinajstić information content (AvgIpc) is 2.68. The summed E-state index contributed by atoms with van der Waals surface area (Å²) < 4.78 is 37.3. The Morgan fingerprint density at radius 2 is 1.93 bits per heavy atom. The first-order valence-electron chi connectivity index (χ1n) is 8.76. The Kier molecular flexibility index (Phi) is 5.90. The summed E-state index contributed by atoms with van der Waals surface area (Å²) in [4.78, 5) is 22.0. The van der Waals surface area contributed by atoms with Crippen molar-refractivity contribution in [2.24, 2.45) is 0 Å². The zero-order chi connectivity index (χ0) is 20.1. The first kappa shape index (κ1) is 19.8. The lowest BCUT2D eigenvalue weighted by Crippen LogP contribution is -2.47. The summed E-state index contributed by atoms with van der Waals surface area (Å²) in [6.07, 6.45) is -0.490. The van der Waals surface area contributed by atoms with E-state index in [2.05, 4.69) is 15.3 Å². The number of nitrogens with zero attached hydrogens (tertiary/aromatic N) is 4. The molecule has 1 N–H and O–H groups in total. The summed E-state index contributed by atoms with van der Waals surface area (Å²) in [5, 5.41) is 11.8. The molecule has 0 atom stereocenters. The van der Waals surface area contributed by atoms with Crippen molar-refractivity contribution in [2.75, 3.05) is 19.6 Å². The summed E-state index contributed by atoms with van der Waals surface area (Å²) in [7, 11) is 0. The second-order valence-corrected chi connectivity index (χ2v) is 6.63. The molecule has 1 aliphatic heterocycles. The van der Waals surface area contributed by atoms with Crippen molar-refractivity contribution in [3.8, 4) is 17.5 Å². The van der Waals surface area contributed by atoms with Gasteiger partial charge in [-0.15, -0.1) is 0 Å². The number of likely N-dealkylation sites (tertiary alicyclic amines) is 1. The van der Waals surface area contributed by atoms with Crippen molar-refractivity contribution in [2.45, 2.75) is 25.1 Å². The van der Waals surface area contributed by atoms with E-state index in [1.165, 1.54) is 17.3 Å². The number of rotatable bonds is 4. The van der Waals surface area contributed by atoms with Gasteiger partial charge >= 0.3 is 6.18 Å². The number of carbonyl (C=O) groups is 1. The molecule has 28 heavy (non-hydrogen) atoms. The Bertz CT molecular complexity index is 868. The second kappa shape index (κ2) is 8.35. The van der Waals surface area contributed by atoms with Crippen LogP contribution in [-0.2, 0) is 0 Å². The third-order valence-electron chi connectivity index (χ3n) is 4.49. The fraction of sp³-hybridized carbons (Fsp3) is 0.368. The molecular weight excluding hydrogens is 371 g/mol. The van der Waals surface area contributed by atoms with Crippen LogP contribution in [0.25, 0.3) is 11.4 Å². The van der Waals surface area contributed by atoms with Crippen molar-refractivity contribution in [3.05, 3.63) is 47.8 Å². The van der Waals surface area contributed by atoms with E-state index in [0.717, 1.165) is 0 Å². The number of aromatic nitrogens is 2. The van der Waals surface area contributed by atoms with Crippen LogP contribution in [0.1, 0.15) is 28.8 Å². The third-order valence-corrected chi connectivity index (χ3v) is 4.49. The summed E-state index contributed by atoms with van der Waals surface area (Å²) >= 11 is 0. The van der Waals surface area contributed by atoms with Gasteiger partial charge in [0.2, 0.25) is 0 Å². The Balaban J connectivity index is 1.56. The molecule has 1 fully saturated rings. The number of alkyl halides is 3. The van der Waals surface area contributed by atoms with Gasteiger partial charge in [-0.25, -0.2) is 9.97 Å². The number of piperidine rings is 1. The highest BCUT2D eigenvalue weighted by Crippen LogP contribution is 2.20. The van der Waals surface area contributed by atoms with Gasteiger partial charge in [0, 0.05) is 37.1 Å². The van der Waals surface area contributed by atoms with Crippen molar-refractivity contribution in [1.29, 1.82) is 5.26 Å². The maximum atomic E-state index is 12.4. The Labute approximate surface area is 160 Å². The van der Waals surface area contributed by atoms with Gasteiger partial charge in [-0.2, -0.15) is 18.4 Å². The van der Waals surface area contributed by atoms with Gasteiger partial charge in [-0.05, 0) is 25.0 Å². The van der Waals surface area contributed by atoms with E-state index in [4.69, 9.17) is 5.26 Å². The van der Waals surface area contributed by atoms with Crippen LogP contribution >= 0.6 is 0 Å². The molecule has 146 valence electrons. The van der Waals surface area contributed by atoms with Crippen LogP contribution in [0.3, 0.4) is 0 Å². The molecule has 9 heteroatoms. The minimum Gasteiger partial charge on any atom is -0.349 e. The number of halogens is 3. The molecule has 1 aromatic heterocycles. The first-order valence-corrected chi connectivity index (χ1v) is 8.76. The fourth-order valence-corrected chi connectivity index (χ4v) is 3.08. The molecule has 2 aromatic rings. The Morgan fingerprint density at radius 3 is 2.54 bits per heavy atom. The van der Waals surface area contributed by atoms with E-state index in [-0.39, 0.29) is 30.6 Å². The molecule has 0 spiro atoms. The van der Waals surface area contributed by atoms with Crippen LogP contribution in [0.5, 0.6) is 0 Å². The molecule has 6 nitrogen and oxygen atoms in total. The van der Waals surface area contributed by atoms with Gasteiger partial charge in [-0.1, -0.05) is 12.1 Å². The van der Waals surface area contributed by atoms with Gasteiger partial charge in [-0.3, -0.25) is 9.69 Å². The highest BCUT2D eigenvalue weighted by Gasteiger charge is 2.32. The lowest BCUT2D eigenvalue weighted by atomic mass is 10.0. The van der Waals surface area contributed by atoms with E-state index in [9.17, 15) is 18.0 Å². The van der Waals surface area contributed by atoms with Crippen molar-refractivity contribution < 1.29 is 18.0 Å². The molecule has 2 heterocycles. The zero-order valence-electron chi connectivity index (χ0n) is 14.9. The van der Waals surface area contributed by atoms with E-state index >= 15 is 0 Å². The number of carbonyl (C=O) groups excluding carboxylic acids is 1. The van der Waals surface area contributed by atoms with Gasteiger partial charge in [0.1, 0.15) is 0 Å². The minimum absolute atomic E-state index is 0.177. The molecule has 3 rings (SSSR count). The number of nitrogens with one attached hydrogen (secondary N) is 1. The number of hydrogen-bond donors (Lipinski definition) is 1. The number of amides is 1. The number of benzene rings is 1. The Hall–Kier alpha value is -2.99. The number of nitriles is 1. The van der Waals surface area contributed by atoms with Crippen molar-refractivity contribution >= 4 is 5.91 Å². The van der Waals surface area contributed by atoms with Gasteiger partial charge in [0.25, 0.3) is 5.91 Å². The summed E-state index contributed by atoms with van der Waals surface area (Å²) in [6.45, 7) is -0.347. The molecule has 0 bridgehead atoms. The molecular formula is C19H18F3N5O. The maximum Gasteiger partial charge on any atom is 0.401 e. The van der Waals surface area contributed by atoms with Gasteiger partial charge in [0.15, 0.2) is 5.82 Å². The van der Waals surface area contributed by atoms with E-state index in [1.807, 2.05) is 6.07 Å². The van der Waals surface area contributed by atoms with Crippen LogP contribution in [-0.4, -0.2) is 52.6 Å². The van der Waals surface area contributed by atoms with Gasteiger partial charge < -0.3 is 5.32 Å². The van der Waals surface area contributed by atoms with Crippen LogP contribution in [0.2, 0.25) is 0 Å². The van der Waals surface area contributed by atoms with Crippen molar-refractivity contribution in [1.82, 2.24) is 20.2 Å². The maximum absolute atomic E-state index is 12.4. The standard InChI is InChI=1S/C19H18F3N5O/c20-19(21,22)12-27-6-4-16(5-7-27)26-18(28)15-10-24-17(25-11-15)14-3-1-2-13(8-14)9-23/h1-3,8,10-11,16H,4-7,12H2,(H,26,28). The highest BCUT2D eigenvalue weighted by atomic mass is 19.4. The topological polar surface area (TPSA) is 81.9 Å². The highest BCUT2D eigenvalue weighted by molar-refractivity contribution is 5.93. The molecule has 1 amide bonds. The molecule has 0 saturated carbocycles. The van der Waals surface area contributed by atoms with E-state index in [1.54, 1.807) is 24.3 Å². The van der Waals surface area contributed by atoms with E-state index in [0.29, 0.717) is 29.8 Å². The largest absolute Gasteiger partial charge is 0.401 e. The second-order valence-electron chi connectivity index (χ2n) is 6.63. The fourth-order valence-electron chi connectivity index (χ4n) is 3.08. The van der Waals surface area contributed by atoms with Crippen LogP contribution in [0, 0.1) is 11.3 Å². The normalized spacial score (nSPS) is 15.8. The Morgan fingerprint density at radius 1 is 1.25 bits per heavy atom. The lowest BCUT2D eigenvalue weighted by molar-refractivity contribution is -0.148. The zero-order valence-corrected chi connectivity index (χ0v) is 14.9. The predicted molar refractivity (Wildman–Crippen MR) is 95.2 cm³/mol. The number of hydrogen-bond acceptors (Lipinski definition) is 5. The van der Waals surface area contributed by atoms with Gasteiger partial charge in [0.05, 0.1) is 23.7 Å². The van der Waals surface area contributed by atoms with Crippen molar-refractivity contribution in [3.63, 3.8) is 0 Å². The summed E-state index contributed by atoms with van der Waals surface area (Å²) in [5.41, 5.74) is 1.43. The molecule has 0 radical (unpaired) electrons. The molecule has 1 aromatic carbocycles. The SMILES string of the molecule is N#Cc1cccc(-c2ncc(C(=O)NC3CCN(CC(F)(F)F)CC3)cn2)c1. The quantitative estimate of drug-likeness (QED) is 0.870. The molecule has 1 saturated heterocycles. The van der Waals surface area contributed by atoms with Crippen LogP contribution in [0.15, 0.2) is 36.7 Å². The monoisotopic (exact) mass is 389 g/mol. The van der Waals surface area contributed by atoms with Crippen LogP contribution < -0.4 is 5.32 Å². The molecule has 0 unspecified atom stereocenters. The first-order chi connectivity index (χ1) is 13.3. The third kappa shape index (κ3) is 5.27. The molecule has 1 aliphatic rings. The average molecular weight is 389 g/mol. The predicted octanol–water partition coefficient (Wildman–Crippen LogP) is 2.77. The summed E-state index contributed by atoms with van der Waals surface area (Å²) in [6, 6.07) is 8.69. The van der Waals surface area contributed by atoms with Crippen LogP contribution in [0.4, 0.5) is 13.2 Å². The minimum atomic E-state index is -4.21. The van der Waals surface area contributed by atoms with E-state index < -0.39 is 12.7 Å². The lowest BCUT2D eigenvalue weighted by Gasteiger charge is -2.32.